The van der Waals surface area contributed by atoms with Crippen LogP contribution >= 0.6 is 11.3 Å². The molecule has 0 fully saturated rings. The summed E-state index contributed by atoms with van der Waals surface area (Å²) in [7, 11) is 0. The fourth-order valence-corrected chi connectivity index (χ4v) is 3.55. The number of nitrogens with zero attached hydrogens (tertiary/aromatic N) is 3. The van der Waals surface area contributed by atoms with Crippen molar-refractivity contribution in [3.63, 3.8) is 0 Å². The van der Waals surface area contributed by atoms with Crippen LogP contribution in [0.1, 0.15) is 46.5 Å². The Labute approximate surface area is 122 Å². The predicted octanol–water partition coefficient (Wildman–Crippen LogP) is 2.80. The van der Waals surface area contributed by atoms with Crippen LogP contribution in [-0.4, -0.2) is 20.7 Å². The first-order valence-corrected chi connectivity index (χ1v) is 7.83. The Hall–Kier alpha value is -1.69. The minimum atomic E-state index is -0.175. The van der Waals surface area contributed by atoms with Crippen LogP contribution in [0.25, 0.3) is 0 Å². The number of nitrogens with one attached hydrogen (secondary N) is 1. The van der Waals surface area contributed by atoms with Crippen molar-refractivity contribution in [1.82, 2.24) is 14.8 Å². The molecule has 2 heterocycles. The van der Waals surface area contributed by atoms with Crippen molar-refractivity contribution >= 4 is 22.4 Å². The van der Waals surface area contributed by atoms with E-state index in [1.54, 1.807) is 11.3 Å². The molecule has 1 aliphatic rings. The lowest BCUT2D eigenvalue weighted by molar-refractivity contribution is 0.102. The van der Waals surface area contributed by atoms with Crippen molar-refractivity contribution in [3.05, 3.63) is 28.0 Å². The van der Waals surface area contributed by atoms with E-state index in [2.05, 4.69) is 15.4 Å². The zero-order chi connectivity index (χ0) is 14.1. The van der Waals surface area contributed by atoms with E-state index < -0.39 is 0 Å². The number of aryl methyl sites for hydroxylation is 4. The Balaban J connectivity index is 1.76. The van der Waals surface area contributed by atoms with Crippen LogP contribution in [0.3, 0.4) is 0 Å². The van der Waals surface area contributed by atoms with Gasteiger partial charge in [0.1, 0.15) is 0 Å². The van der Waals surface area contributed by atoms with Gasteiger partial charge in [-0.3, -0.25) is 14.8 Å². The second kappa shape index (κ2) is 5.36. The smallest absolute Gasteiger partial charge is 0.277 e. The Kier molecular flexibility index (Phi) is 3.56. The molecular weight excluding hydrogens is 272 g/mol. The van der Waals surface area contributed by atoms with Crippen molar-refractivity contribution in [2.24, 2.45) is 0 Å². The lowest BCUT2D eigenvalue weighted by atomic mass is 10.0. The van der Waals surface area contributed by atoms with Gasteiger partial charge in [-0.1, -0.05) is 0 Å². The first-order valence-electron chi connectivity index (χ1n) is 7.01. The number of hydrogen-bond donors (Lipinski definition) is 1. The molecule has 0 atom stereocenters. The maximum absolute atomic E-state index is 12.2. The third-order valence-corrected chi connectivity index (χ3v) is 4.65. The van der Waals surface area contributed by atoms with Crippen molar-refractivity contribution in [3.8, 4) is 0 Å². The van der Waals surface area contributed by atoms with Crippen LogP contribution in [0.15, 0.2) is 6.07 Å². The second-order valence-electron chi connectivity index (χ2n) is 5.04. The summed E-state index contributed by atoms with van der Waals surface area (Å²) in [6, 6.07) is 1.81. The van der Waals surface area contributed by atoms with Crippen LogP contribution in [0.2, 0.25) is 0 Å². The van der Waals surface area contributed by atoms with Gasteiger partial charge in [0.15, 0.2) is 10.8 Å². The fourth-order valence-electron chi connectivity index (χ4n) is 2.51. The third kappa shape index (κ3) is 2.47. The molecule has 0 radical (unpaired) electrons. The highest BCUT2D eigenvalue weighted by Gasteiger charge is 2.18. The molecule has 0 aromatic carbocycles. The maximum Gasteiger partial charge on any atom is 0.277 e. The SMILES string of the molecule is CCn1nc(C(=O)Nc2nc3c(s2)CCCC3)cc1C. The molecule has 5 nitrogen and oxygen atoms in total. The van der Waals surface area contributed by atoms with Gasteiger partial charge < -0.3 is 0 Å². The lowest BCUT2D eigenvalue weighted by Crippen LogP contribution is -2.13. The Morgan fingerprint density at radius 1 is 1.45 bits per heavy atom. The van der Waals surface area contributed by atoms with E-state index in [4.69, 9.17) is 0 Å². The summed E-state index contributed by atoms with van der Waals surface area (Å²) < 4.78 is 1.82. The molecule has 2 aromatic rings. The summed E-state index contributed by atoms with van der Waals surface area (Å²) in [5.74, 6) is -0.175. The van der Waals surface area contributed by atoms with E-state index in [0.29, 0.717) is 10.8 Å². The van der Waals surface area contributed by atoms with Crippen molar-refractivity contribution < 1.29 is 4.79 Å². The van der Waals surface area contributed by atoms with E-state index in [0.717, 1.165) is 30.8 Å². The zero-order valence-electron chi connectivity index (χ0n) is 11.8. The molecule has 0 saturated heterocycles. The highest BCUT2D eigenvalue weighted by atomic mass is 32.1. The van der Waals surface area contributed by atoms with Crippen molar-refractivity contribution in [1.29, 1.82) is 0 Å². The summed E-state index contributed by atoms with van der Waals surface area (Å²) in [5.41, 5.74) is 2.61. The standard InChI is InChI=1S/C14H18N4OS/c1-3-18-9(2)8-11(17-18)13(19)16-14-15-10-6-4-5-7-12(10)20-14/h8H,3-7H2,1-2H3,(H,15,16,19). The molecule has 1 amide bonds. The Morgan fingerprint density at radius 3 is 2.95 bits per heavy atom. The minimum Gasteiger partial charge on any atom is -0.296 e. The average Bonchev–Trinajstić information content (AvgIpc) is 3.01. The monoisotopic (exact) mass is 290 g/mol. The van der Waals surface area contributed by atoms with Gasteiger partial charge in [0.2, 0.25) is 0 Å². The normalized spacial score (nSPS) is 14.1. The molecule has 3 rings (SSSR count). The Bertz CT molecular complexity index is 620. The van der Waals surface area contributed by atoms with E-state index in [1.807, 2.05) is 24.6 Å². The average molecular weight is 290 g/mol. The van der Waals surface area contributed by atoms with Gasteiger partial charge in [0.05, 0.1) is 5.69 Å². The number of rotatable bonds is 3. The van der Waals surface area contributed by atoms with Gasteiger partial charge in [0.25, 0.3) is 5.91 Å². The number of carbonyl (C=O) groups is 1. The number of hydrogen-bond acceptors (Lipinski definition) is 4. The van der Waals surface area contributed by atoms with Crippen LogP contribution < -0.4 is 5.32 Å². The summed E-state index contributed by atoms with van der Waals surface area (Å²) in [5, 5.41) is 7.86. The van der Waals surface area contributed by atoms with E-state index in [9.17, 15) is 4.79 Å². The summed E-state index contributed by atoms with van der Waals surface area (Å²) in [6.45, 7) is 4.73. The number of amides is 1. The van der Waals surface area contributed by atoms with Gasteiger partial charge in [-0.15, -0.1) is 11.3 Å². The van der Waals surface area contributed by atoms with E-state index in [-0.39, 0.29) is 5.91 Å². The van der Waals surface area contributed by atoms with E-state index in [1.165, 1.54) is 17.7 Å². The summed E-state index contributed by atoms with van der Waals surface area (Å²) in [4.78, 5) is 18.0. The molecule has 106 valence electrons. The quantitative estimate of drug-likeness (QED) is 0.945. The molecule has 0 spiro atoms. The molecule has 20 heavy (non-hydrogen) atoms. The molecule has 0 aliphatic heterocycles. The lowest BCUT2D eigenvalue weighted by Gasteiger charge is -2.06. The maximum atomic E-state index is 12.2. The summed E-state index contributed by atoms with van der Waals surface area (Å²) in [6.07, 6.45) is 4.55. The molecular formula is C14H18N4OS. The highest BCUT2D eigenvalue weighted by molar-refractivity contribution is 7.15. The molecule has 6 heteroatoms. The molecule has 0 bridgehead atoms. The van der Waals surface area contributed by atoms with Gasteiger partial charge in [0, 0.05) is 17.1 Å². The molecule has 0 saturated carbocycles. The zero-order valence-corrected chi connectivity index (χ0v) is 12.6. The van der Waals surface area contributed by atoms with Gasteiger partial charge in [-0.2, -0.15) is 5.10 Å². The molecule has 1 N–H and O–H groups in total. The van der Waals surface area contributed by atoms with E-state index >= 15 is 0 Å². The first-order chi connectivity index (χ1) is 9.67. The summed E-state index contributed by atoms with van der Waals surface area (Å²) >= 11 is 1.60. The number of thiazole rings is 1. The van der Waals surface area contributed by atoms with Gasteiger partial charge in [-0.05, 0) is 45.6 Å². The van der Waals surface area contributed by atoms with Crippen LogP contribution in [0.5, 0.6) is 0 Å². The van der Waals surface area contributed by atoms with Crippen LogP contribution in [0.4, 0.5) is 5.13 Å². The van der Waals surface area contributed by atoms with Crippen LogP contribution in [0, 0.1) is 6.92 Å². The van der Waals surface area contributed by atoms with Crippen LogP contribution in [-0.2, 0) is 19.4 Å². The number of fused-ring (bicyclic) bond motifs is 1. The largest absolute Gasteiger partial charge is 0.296 e. The molecule has 2 aromatic heterocycles. The topological polar surface area (TPSA) is 59.8 Å². The van der Waals surface area contributed by atoms with Crippen molar-refractivity contribution in [2.45, 2.75) is 46.1 Å². The molecule has 1 aliphatic carbocycles. The molecule has 0 unspecified atom stereocenters. The number of aromatic nitrogens is 3. The van der Waals surface area contributed by atoms with Gasteiger partial charge >= 0.3 is 0 Å². The minimum absolute atomic E-state index is 0.175. The first kappa shape index (κ1) is 13.3. The van der Waals surface area contributed by atoms with Crippen molar-refractivity contribution in [2.75, 3.05) is 5.32 Å². The fraction of sp³-hybridized carbons (Fsp3) is 0.500. The number of carbonyl (C=O) groups excluding carboxylic acids is 1. The third-order valence-electron chi connectivity index (χ3n) is 3.58. The van der Waals surface area contributed by atoms with Gasteiger partial charge in [-0.25, -0.2) is 4.98 Å². The Morgan fingerprint density at radius 2 is 2.25 bits per heavy atom. The highest BCUT2D eigenvalue weighted by Crippen LogP contribution is 2.29. The second-order valence-corrected chi connectivity index (χ2v) is 6.12. The number of anilines is 1. The predicted molar refractivity (Wildman–Crippen MR) is 79.3 cm³/mol.